The third-order valence-electron chi connectivity index (χ3n) is 3.23. The summed E-state index contributed by atoms with van der Waals surface area (Å²) in [4.78, 5) is 0. The van der Waals surface area contributed by atoms with Gasteiger partial charge in [0.1, 0.15) is 0 Å². The normalized spacial score (nSPS) is 20.8. The van der Waals surface area contributed by atoms with Crippen molar-refractivity contribution in [3.05, 3.63) is 0 Å². The van der Waals surface area contributed by atoms with Gasteiger partial charge in [-0.05, 0) is 18.8 Å². The van der Waals surface area contributed by atoms with E-state index in [-0.39, 0.29) is 0 Å². The summed E-state index contributed by atoms with van der Waals surface area (Å²) in [7, 11) is 0. The molecule has 1 aliphatic rings. The number of hydrogen-bond acceptors (Lipinski definition) is 2. The fraction of sp³-hybridized carbons (Fsp3) is 1.00. The molecule has 0 radical (unpaired) electrons. The first kappa shape index (κ1) is 11.0. The molecule has 1 saturated carbocycles. The van der Waals surface area contributed by atoms with Crippen LogP contribution in [-0.2, 0) is 0 Å². The topological polar surface area (TPSA) is 38.0 Å². The largest absolute Gasteiger partial charge is 0.271 e. The van der Waals surface area contributed by atoms with Gasteiger partial charge >= 0.3 is 0 Å². The van der Waals surface area contributed by atoms with Gasteiger partial charge < -0.3 is 0 Å². The molecule has 0 spiro atoms. The van der Waals surface area contributed by atoms with Crippen molar-refractivity contribution in [3.63, 3.8) is 0 Å². The van der Waals surface area contributed by atoms with E-state index >= 15 is 0 Å². The van der Waals surface area contributed by atoms with Crippen LogP contribution in [0.3, 0.4) is 0 Å². The molecule has 0 bridgehead atoms. The summed E-state index contributed by atoms with van der Waals surface area (Å²) < 4.78 is 0. The Labute approximate surface area is 82.2 Å². The number of nitrogens with two attached hydrogens (primary N) is 1. The molecule has 1 unspecified atom stereocenters. The van der Waals surface area contributed by atoms with Gasteiger partial charge in [0.05, 0.1) is 0 Å². The van der Waals surface area contributed by atoms with Gasteiger partial charge in [0.25, 0.3) is 0 Å². The third-order valence-corrected chi connectivity index (χ3v) is 3.23. The van der Waals surface area contributed by atoms with Crippen molar-refractivity contribution in [1.29, 1.82) is 0 Å². The summed E-state index contributed by atoms with van der Waals surface area (Å²) in [5.74, 6) is 6.50. The monoisotopic (exact) mass is 184 g/mol. The molecule has 3 N–H and O–H groups in total. The van der Waals surface area contributed by atoms with Crippen LogP contribution in [0.1, 0.15) is 58.3 Å². The van der Waals surface area contributed by atoms with Crippen LogP contribution in [-0.4, -0.2) is 6.04 Å². The van der Waals surface area contributed by atoms with Crippen LogP contribution in [0.5, 0.6) is 0 Å². The molecule has 0 aromatic rings. The maximum atomic E-state index is 5.54. The van der Waals surface area contributed by atoms with Gasteiger partial charge in [-0.15, -0.1) is 0 Å². The summed E-state index contributed by atoms with van der Waals surface area (Å²) in [5.41, 5.74) is 2.96. The third kappa shape index (κ3) is 4.10. The molecule has 0 heterocycles. The molecule has 1 fully saturated rings. The molecule has 0 amide bonds. The van der Waals surface area contributed by atoms with Crippen LogP contribution in [0.15, 0.2) is 0 Å². The maximum Gasteiger partial charge on any atom is 0.0213 e. The van der Waals surface area contributed by atoms with Gasteiger partial charge in [-0.25, -0.2) is 0 Å². The molecule has 2 nitrogen and oxygen atoms in total. The zero-order valence-corrected chi connectivity index (χ0v) is 8.89. The van der Waals surface area contributed by atoms with E-state index in [9.17, 15) is 0 Å². The van der Waals surface area contributed by atoms with Crippen molar-refractivity contribution < 1.29 is 0 Å². The molecule has 1 rings (SSSR count). The molecule has 1 aliphatic carbocycles. The average Bonchev–Trinajstić information content (AvgIpc) is 2.64. The summed E-state index contributed by atoms with van der Waals surface area (Å²) in [6.45, 7) is 2.24. The Morgan fingerprint density at radius 3 is 2.62 bits per heavy atom. The molecular weight excluding hydrogens is 160 g/mol. The van der Waals surface area contributed by atoms with Crippen molar-refractivity contribution in [1.82, 2.24) is 5.43 Å². The highest BCUT2D eigenvalue weighted by Gasteiger charge is 2.18. The van der Waals surface area contributed by atoms with Crippen LogP contribution in [0, 0.1) is 5.92 Å². The first-order valence-electron chi connectivity index (χ1n) is 5.83. The number of rotatable bonds is 6. The number of unbranched alkanes of at least 4 members (excludes halogenated alkanes) is 1. The summed E-state index contributed by atoms with van der Waals surface area (Å²) in [6, 6.07) is 0.572. The van der Waals surface area contributed by atoms with Gasteiger partial charge in [-0.3, -0.25) is 11.3 Å². The molecular formula is C11H24N2. The molecule has 0 aromatic heterocycles. The highest BCUT2D eigenvalue weighted by molar-refractivity contribution is 4.74. The molecule has 0 aliphatic heterocycles. The van der Waals surface area contributed by atoms with Crippen molar-refractivity contribution in [2.75, 3.05) is 0 Å². The van der Waals surface area contributed by atoms with Crippen LogP contribution in [0.2, 0.25) is 0 Å². The lowest BCUT2D eigenvalue weighted by atomic mass is 9.95. The Hall–Kier alpha value is -0.0800. The minimum atomic E-state index is 0.572. The Bertz CT molecular complexity index is 119. The second kappa shape index (κ2) is 6.39. The molecule has 1 atom stereocenters. The van der Waals surface area contributed by atoms with E-state index in [1.165, 1.54) is 51.4 Å². The molecule has 2 heteroatoms. The van der Waals surface area contributed by atoms with Crippen LogP contribution < -0.4 is 11.3 Å². The summed E-state index contributed by atoms with van der Waals surface area (Å²) in [6.07, 6.45) is 10.9. The predicted octanol–water partition coefficient (Wildman–Crippen LogP) is 2.59. The van der Waals surface area contributed by atoms with E-state index in [4.69, 9.17) is 5.84 Å². The molecule has 0 saturated heterocycles. The first-order valence-corrected chi connectivity index (χ1v) is 5.83. The SMILES string of the molecule is CCCCC(CC1CCCC1)NN. The van der Waals surface area contributed by atoms with Gasteiger partial charge in [-0.2, -0.15) is 0 Å². The Morgan fingerprint density at radius 1 is 1.38 bits per heavy atom. The summed E-state index contributed by atoms with van der Waals surface area (Å²) in [5, 5.41) is 0. The molecule has 0 aromatic carbocycles. The van der Waals surface area contributed by atoms with Crippen LogP contribution in [0.25, 0.3) is 0 Å². The van der Waals surface area contributed by atoms with E-state index in [1.807, 2.05) is 0 Å². The number of hydrogen-bond donors (Lipinski definition) is 2. The Balaban J connectivity index is 2.13. The Morgan fingerprint density at radius 2 is 2.08 bits per heavy atom. The highest BCUT2D eigenvalue weighted by Crippen LogP contribution is 2.29. The van der Waals surface area contributed by atoms with E-state index in [1.54, 1.807) is 0 Å². The van der Waals surface area contributed by atoms with E-state index in [0.29, 0.717) is 6.04 Å². The zero-order chi connectivity index (χ0) is 9.52. The van der Waals surface area contributed by atoms with Crippen molar-refractivity contribution >= 4 is 0 Å². The zero-order valence-electron chi connectivity index (χ0n) is 8.89. The first-order chi connectivity index (χ1) is 6.36. The molecule has 78 valence electrons. The van der Waals surface area contributed by atoms with Gasteiger partial charge in [-0.1, -0.05) is 45.4 Å². The number of nitrogens with one attached hydrogen (secondary N) is 1. The fourth-order valence-electron chi connectivity index (χ4n) is 2.37. The standard InChI is InChI=1S/C11H24N2/c1-2-3-8-11(13-12)9-10-6-4-5-7-10/h10-11,13H,2-9,12H2,1H3. The highest BCUT2D eigenvalue weighted by atomic mass is 15.2. The maximum absolute atomic E-state index is 5.54. The van der Waals surface area contributed by atoms with Gasteiger partial charge in [0, 0.05) is 6.04 Å². The van der Waals surface area contributed by atoms with Crippen molar-refractivity contribution in [3.8, 4) is 0 Å². The Kier molecular flexibility index (Phi) is 5.40. The van der Waals surface area contributed by atoms with Crippen molar-refractivity contribution in [2.24, 2.45) is 11.8 Å². The molecule has 13 heavy (non-hydrogen) atoms. The minimum Gasteiger partial charge on any atom is -0.271 e. The van der Waals surface area contributed by atoms with Crippen molar-refractivity contribution in [2.45, 2.75) is 64.3 Å². The van der Waals surface area contributed by atoms with Crippen LogP contribution in [0.4, 0.5) is 0 Å². The lowest BCUT2D eigenvalue weighted by Gasteiger charge is -2.19. The smallest absolute Gasteiger partial charge is 0.0213 e. The van der Waals surface area contributed by atoms with Crippen LogP contribution >= 0.6 is 0 Å². The number of hydrazine groups is 1. The lowest BCUT2D eigenvalue weighted by Crippen LogP contribution is -2.36. The minimum absolute atomic E-state index is 0.572. The lowest BCUT2D eigenvalue weighted by molar-refractivity contribution is 0.368. The fourth-order valence-corrected chi connectivity index (χ4v) is 2.37. The van der Waals surface area contributed by atoms with E-state index in [2.05, 4.69) is 12.3 Å². The average molecular weight is 184 g/mol. The van der Waals surface area contributed by atoms with E-state index in [0.717, 1.165) is 5.92 Å². The second-order valence-electron chi connectivity index (χ2n) is 4.39. The van der Waals surface area contributed by atoms with Gasteiger partial charge in [0.15, 0.2) is 0 Å². The quantitative estimate of drug-likeness (QED) is 0.492. The second-order valence-corrected chi connectivity index (χ2v) is 4.39. The summed E-state index contributed by atoms with van der Waals surface area (Å²) >= 11 is 0. The van der Waals surface area contributed by atoms with Gasteiger partial charge in [0.2, 0.25) is 0 Å². The van der Waals surface area contributed by atoms with E-state index < -0.39 is 0 Å². The predicted molar refractivity (Wildman–Crippen MR) is 57.2 cm³/mol.